The van der Waals surface area contributed by atoms with Gasteiger partial charge >= 0.3 is 5.97 Å². The first kappa shape index (κ1) is 36.3. The summed E-state index contributed by atoms with van der Waals surface area (Å²) in [5.41, 5.74) is 0. The number of nitrogens with one attached hydrogen (secondary N) is 2. The van der Waals surface area contributed by atoms with E-state index >= 15 is 0 Å². The van der Waals surface area contributed by atoms with Crippen molar-refractivity contribution in [3.63, 3.8) is 0 Å². The van der Waals surface area contributed by atoms with Gasteiger partial charge in [0.1, 0.15) is 0 Å². The molecule has 216 valence electrons. The Morgan fingerprint density at radius 1 is 0.641 bits per heavy atom. The lowest BCUT2D eigenvalue weighted by atomic mass is 10.2. The number of carbonyl (C=O) groups is 3. The second-order valence-electron chi connectivity index (χ2n) is 8.10. The standard InChI is InChI=1S/C31H46N2O4S2/c1-3-4-5-6-7-8-9-10-11-12-13-14-15-16-17-18-19-20-21-22-29(34)32-25-27-38-39-28-26-33-30(35)23-24-31(36)37-2/h4-5,7-8,10-11,13-14,16-17,19-20,23-24H,3,6,9,12,15,18,21-22,25-28H2,1-2H3,(H,32,34)(H,33,35)/b5-4-,8-7-,11-10-,14-13-,17-16-,20-19-,24-23?. The lowest BCUT2D eigenvalue weighted by Crippen LogP contribution is -2.25. The molecule has 0 aliphatic carbocycles. The predicted octanol–water partition coefficient (Wildman–Crippen LogP) is 6.81. The van der Waals surface area contributed by atoms with Gasteiger partial charge in [0.25, 0.3) is 0 Å². The molecule has 0 rings (SSSR count). The zero-order chi connectivity index (χ0) is 28.7. The number of amides is 2. The van der Waals surface area contributed by atoms with E-state index in [1.807, 2.05) is 0 Å². The van der Waals surface area contributed by atoms with Crippen molar-refractivity contribution in [3.8, 4) is 0 Å². The van der Waals surface area contributed by atoms with Gasteiger partial charge in [-0.25, -0.2) is 4.79 Å². The first-order valence-corrected chi connectivity index (χ1v) is 16.0. The molecule has 0 aromatic heterocycles. The van der Waals surface area contributed by atoms with Gasteiger partial charge in [-0.1, -0.05) is 101 Å². The zero-order valence-electron chi connectivity index (χ0n) is 23.5. The van der Waals surface area contributed by atoms with Gasteiger partial charge in [-0.2, -0.15) is 0 Å². The fourth-order valence-electron chi connectivity index (χ4n) is 2.78. The summed E-state index contributed by atoms with van der Waals surface area (Å²) in [6.45, 7) is 3.27. The Balaban J connectivity index is 3.57. The van der Waals surface area contributed by atoms with Crippen molar-refractivity contribution in [1.29, 1.82) is 0 Å². The van der Waals surface area contributed by atoms with Crippen LogP contribution >= 0.6 is 21.6 Å². The van der Waals surface area contributed by atoms with Gasteiger partial charge in [-0.15, -0.1) is 0 Å². The van der Waals surface area contributed by atoms with E-state index in [1.165, 1.54) is 7.11 Å². The molecule has 0 saturated heterocycles. The van der Waals surface area contributed by atoms with E-state index in [0.29, 0.717) is 19.5 Å². The van der Waals surface area contributed by atoms with Gasteiger partial charge < -0.3 is 15.4 Å². The Morgan fingerprint density at radius 2 is 1.10 bits per heavy atom. The summed E-state index contributed by atoms with van der Waals surface area (Å²) in [4.78, 5) is 34.3. The van der Waals surface area contributed by atoms with E-state index in [-0.39, 0.29) is 11.8 Å². The first-order chi connectivity index (χ1) is 19.1. The van der Waals surface area contributed by atoms with E-state index in [1.54, 1.807) is 21.6 Å². The average molecular weight is 575 g/mol. The van der Waals surface area contributed by atoms with E-state index < -0.39 is 5.97 Å². The largest absolute Gasteiger partial charge is 0.466 e. The highest BCUT2D eigenvalue weighted by Crippen LogP contribution is 2.19. The van der Waals surface area contributed by atoms with Gasteiger partial charge in [0, 0.05) is 43.2 Å². The Hall–Kier alpha value is -2.71. The molecule has 2 N–H and O–H groups in total. The summed E-state index contributed by atoms with van der Waals surface area (Å²) < 4.78 is 4.42. The molecule has 2 amide bonds. The lowest BCUT2D eigenvalue weighted by Gasteiger charge is -2.04. The van der Waals surface area contributed by atoms with Crippen LogP contribution < -0.4 is 10.6 Å². The molecule has 0 fully saturated rings. The minimum absolute atomic E-state index is 0.0600. The Morgan fingerprint density at radius 3 is 1.59 bits per heavy atom. The second-order valence-corrected chi connectivity index (χ2v) is 10.8. The van der Waals surface area contributed by atoms with Crippen LogP contribution in [0.1, 0.15) is 58.3 Å². The molecule has 39 heavy (non-hydrogen) atoms. The van der Waals surface area contributed by atoms with Gasteiger partial charge in [0.05, 0.1) is 7.11 Å². The number of rotatable bonds is 23. The van der Waals surface area contributed by atoms with Crippen LogP contribution in [-0.2, 0) is 19.1 Å². The summed E-state index contributed by atoms with van der Waals surface area (Å²) in [6, 6.07) is 0. The average Bonchev–Trinajstić information content (AvgIpc) is 2.94. The molecule has 0 aromatic carbocycles. The lowest BCUT2D eigenvalue weighted by molar-refractivity contribution is -0.135. The minimum atomic E-state index is -0.561. The molecule has 0 unspecified atom stereocenters. The number of allylic oxidation sites excluding steroid dienone is 12. The van der Waals surface area contributed by atoms with Gasteiger partial charge in [0.15, 0.2) is 0 Å². The maximum Gasteiger partial charge on any atom is 0.330 e. The summed E-state index contributed by atoms with van der Waals surface area (Å²) in [5, 5.41) is 5.60. The number of hydrogen-bond acceptors (Lipinski definition) is 6. The number of hydrogen-bond donors (Lipinski definition) is 2. The molecule has 0 spiro atoms. The van der Waals surface area contributed by atoms with E-state index in [4.69, 9.17) is 0 Å². The van der Waals surface area contributed by atoms with Gasteiger partial charge in [-0.3, -0.25) is 9.59 Å². The minimum Gasteiger partial charge on any atom is -0.466 e. The quantitative estimate of drug-likeness (QED) is 0.0459. The Bertz CT molecular complexity index is 859. The van der Waals surface area contributed by atoms with Crippen molar-refractivity contribution < 1.29 is 19.1 Å². The fourth-order valence-corrected chi connectivity index (χ4v) is 4.59. The highest BCUT2D eigenvalue weighted by molar-refractivity contribution is 8.76. The van der Waals surface area contributed by atoms with Crippen LogP contribution in [0.2, 0.25) is 0 Å². The highest BCUT2D eigenvalue weighted by Gasteiger charge is 2.00. The van der Waals surface area contributed by atoms with Crippen molar-refractivity contribution in [2.24, 2.45) is 0 Å². The van der Waals surface area contributed by atoms with Crippen molar-refractivity contribution in [2.75, 3.05) is 31.7 Å². The van der Waals surface area contributed by atoms with Gasteiger partial charge in [0.2, 0.25) is 11.8 Å². The topological polar surface area (TPSA) is 84.5 Å². The number of ether oxygens (including phenoxy) is 1. The van der Waals surface area contributed by atoms with E-state index in [0.717, 1.165) is 68.6 Å². The zero-order valence-corrected chi connectivity index (χ0v) is 25.2. The third-order valence-corrected chi connectivity index (χ3v) is 7.19. The van der Waals surface area contributed by atoms with Crippen molar-refractivity contribution in [3.05, 3.63) is 85.1 Å². The number of carbonyl (C=O) groups excluding carboxylic acids is 3. The smallest absolute Gasteiger partial charge is 0.330 e. The van der Waals surface area contributed by atoms with E-state index in [9.17, 15) is 14.4 Å². The van der Waals surface area contributed by atoms with Crippen LogP contribution in [-0.4, -0.2) is 49.5 Å². The monoisotopic (exact) mass is 574 g/mol. The van der Waals surface area contributed by atoms with Gasteiger partial charge in [-0.05, 0) is 44.9 Å². The number of esters is 1. The van der Waals surface area contributed by atoms with Crippen molar-refractivity contribution in [2.45, 2.75) is 58.3 Å². The molecule has 6 nitrogen and oxygen atoms in total. The van der Waals surface area contributed by atoms with Crippen molar-refractivity contribution in [1.82, 2.24) is 10.6 Å². The van der Waals surface area contributed by atoms with E-state index in [2.05, 4.69) is 95.2 Å². The highest BCUT2D eigenvalue weighted by atomic mass is 33.1. The summed E-state index contributed by atoms with van der Waals surface area (Å²) in [7, 11) is 4.53. The maximum absolute atomic E-state index is 11.9. The third-order valence-electron chi connectivity index (χ3n) is 4.78. The predicted molar refractivity (Wildman–Crippen MR) is 170 cm³/mol. The van der Waals surface area contributed by atoms with Crippen LogP contribution in [0.4, 0.5) is 0 Å². The van der Waals surface area contributed by atoms with Crippen LogP contribution in [0.3, 0.4) is 0 Å². The molecule has 0 saturated carbocycles. The van der Waals surface area contributed by atoms with Crippen LogP contribution in [0, 0.1) is 0 Å². The molecule has 0 aromatic rings. The summed E-state index contributed by atoms with van der Waals surface area (Å²) in [5.74, 6) is 0.704. The molecule has 0 heterocycles. The van der Waals surface area contributed by atoms with Crippen LogP contribution in [0.15, 0.2) is 85.1 Å². The first-order valence-electron chi connectivity index (χ1n) is 13.5. The summed E-state index contributed by atoms with van der Waals surface area (Å²) in [6.07, 6.45) is 35.4. The SMILES string of the molecule is CC/C=C\C/C=C\C/C=C\C/C=C\C/C=C\C/C=C\CCC(=O)NCCSSCCNC(=O)C=CC(=O)OC. The van der Waals surface area contributed by atoms with Crippen LogP contribution in [0.25, 0.3) is 0 Å². The molecule has 8 heteroatoms. The fraction of sp³-hybridized carbons (Fsp3) is 0.452. The Labute approximate surface area is 243 Å². The molecular formula is C31H46N2O4S2. The molecule has 0 bridgehead atoms. The Kier molecular flexibility index (Phi) is 27.8. The molecule has 0 aliphatic heterocycles. The van der Waals surface area contributed by atoms with Crippen LogP contribution in [0.5, 0.6) is 0 Å². The number of methoxy groups -OCH3 is 1. The second kappa shape index (κ2) is 29.8. The molecule has 0 atom stereocenters. The summed E-state index contributed by atoms with van der Waals surface area (Å²) >= 11 is 0. The maximum atomic E-state index is 11.9. The molecule has 0 aliphatic rings. The normalized spacial score (nSPS) is 12.4. The molecular weight excluding hydrogens is 528 g/mol. The van der Waals surface area contributed by atoms with Crippen molar-refractivity contribution >= 4 is 39.4 Å². The third kappa shape index (κ3) is 29.7. The molecule has 0 radical (unpaired) electrons.